The molecule has 3 heteroatoms. The average Bonchev–Trinajstić information content (AvgIpc) is 2.03. The van der Waals surface area contributed by atoms with Crippen molar-refractivity contribution in [2.75, 3.05) is 6.54 Å². The monoisotopic (exact) mass is 171 g/mol. The van der Waals surface area contributed by atoms with Crippen LogP contribution in [0.1, 0.15) is 18.4 Å². The Morgan fingerprint density at radius 3 is 2.58 bits per heavy atom. The highest BCUT2D eigenvalue weighted by Crippen LogP contribution is 2.18. The smallest absolute Gasteiger partial charge is 0.129 e. The molecule has 0 aliphatic rings. The first-order valence-corrected chi connectivity index (χ1v) is 3.80. The molecule has 0 unspecified atom stereocenters. The minimum absolute atomic E-state index is 0.0643. The molecule has 1 aromatic carbocycles. The van der Waals surface area contributed by atoms with Crippen LogP contribution >= 0.6 is 0 Å². The summed E-state index contributed by atoms with van der Waals surface area (Å²) in [4.78, 5) is 0. The van der Waals surface area contributed by atoms with Crippen molar-refractivity contribution in [3.63, 3.8) is 0 Å². The molecule has 0 fully saturated rings. The summed E-state index contributed by atoms with van der Waals surface area (Å²) >= 11 is 0. The van der Waals surface area contributed by atoms with Crippen molar-refractivity contribution in [2.24, 2.45) is 5.73 Å². The van der Waals surface area contributed by atoms with E-state index in [2.05, 4.69) is 0 Å². The summed E-state index contributed by atoms with van der Waals surface area (Å²) in [5, 5.41) is 0. The van der Waals surface area contributed by atoms with Gasteiger partial charge in [-0.25, -0.2) is 8.78 Å². The maximum absolute atomic E-state index is 13.0. The Morgan fingerprint density at radius 1 is 1.42 bits per heavy atom. The van der Waals surface area contributed by atoms with Crippen molar-refractivity contribution in [1.29, 1.82) is 0 Å². The van der Waals surface area contributed by atoms with Gasteiger partial charge in [-0.2, -0.15) is 0 Å². The molecule has 1 aromatic rings. The van der Waals surface area contributed by atoms with Crippen LogP contribution in [0.3, 0.4) is 0 Å². The summed E-state index contributed by atoms with van der Waals surface area (Å²) < 4.78 is 25.4. The molecule has 0 aliphatic heterocycles. The fourth-order valence-corrected chi connectivity index (χ4v) is 1.03. The van der Waals surface area contributed by atoms with Gasteiger partial charge in [-0.15, -0.1) is 0 Å². The summed E-state index contributed by atoms with van der Waals surface area (Å²) in [7, 11) is 0. The minimum atomic E-state index is -0.555. The Morgan fingerprint density at radius 2 is 2.08 bits per heavy atom. The lowest BCUT2D eigenvalue weighted by atomic mass is 10.0. The Kier molecular flexibility index (Phi) is 2.76. The number of nitrogens with two attached hydrogens (primary N) is 1. The van der Waals surface area contributed by atoms with Gasteiger partial charge in [0.05, 0.1) is 0 Å². The van der Waals surface area contributed by atoms with E-state index in [1.54, 1.807) is 6.92 Å². The first kappa shape index (κ1) is 9.13. The summed E-state index contributed by atoms with van der Waals surface area (Å²) in [6, 6.07) is 3.55. The highest BCUT2D eigenvalue weighted by molar-refractivity contribution is 5.22. The average molecular weight is 171 g/mol. The maximum atomic E-state index is 13.0. The third-order valence-corrected chi connectivity index (χ3v) is 1.85. The summed E-state index contributed by atoms with van der Waals surface area (Å²) in [6.07, 6.45) is 0. The minimum Gasteiger partial charge on any atom is -0.330 e. The van der Waals surface area contributed by atoms with Gasteiger partial charge >= 0.3 is 0 Å². The van der Waals surface area contributed by atoms with Gasteiger partial charge in [0.15, 0.2) is 0 Å². The molecule has 2 N–H and O–H groups in total. The van der Waals surface area contributed by atoms with E-state index in [4.69, 9.17) is 5.73 Å². The van der Waals surface area contributed by atoms with E-state index in [0.717, 1.165) is 6.07 Å². The van der Waals surface area contributed by atoms with Crippen molar-refractivity contribution in [1.82, 2.24) is 0 Å². The number of hydrogen-bond acceptors (Lipinski definition) is 1. The SMILES string of the molecule is C[C@@H](CN)c1ccc(F)cc1F. The van der Waals surface area contributed by atoms with Crippen molar-refractivity contribution in [3.05, 3.63) is 35.4 Å². The third kappa shape index (κ3) is 1.80. The van der Waals surface area contributed by atoms with Crippen LogP contribution in [-0.2, 0) is 0 Å². The zero-order valence-electron chi connectivity index (χ0n) is 6.85. The first-order chi connectivity index (χ1) is 5.65. The van der Waals surface area contributed by atoms with Gasteiger partial charge in [0.2, 0.25) is 0 Å². The summed E-state index contributed by atoms with van der Waals surface area (Å²) in [5.74, 6) is -1.14. The molecular weight excluding hydrogens is 160 g/mol. The molecule has 0 aromatic heterocycles. The molecular formula is C9H11F2N. The largest absolute Gasteiger partial charge is 0.330 e. The van der Waals surface area contributed by atoms with Gasteiger partial charge in [-0.05, 0) is 24.1 Å². The Balaban J connectivity index is 3.01. The lowest BCUT2D eigenvalue weighted by molar-refractivity contribution is 0.560. The second-order valence-electron chi connectivity index (χ2n) is 2.80. The van der Waals surface area contributed by atoms with Crippen molar-refractivity contribution in [3.8, 4) is 0 Å². The fraction of sp³-hybridized carbons (Fsp3) is 0.333. The number of rotatable bonds is 2. The topological polar surface area (TPSA) is 26.0 Å². The van der Waals surface area contributed by atoms with Gasteiger partial charge in [0, 0.05) is 6.07 Å². The second-order valence-corrected chi connectivity index (χ2v) is 2.80. The van der Waals surface area contributed by atoms with Crippen molar-refractivity contribution < 1.29 is 8.78 Å². The molecule has 66 valence electrons. The predicted octanol–water partition coefficient (Wildman–Crippen LogP) is 2.03. The summed E-state index contributed by atoms with van der Waals surface area (Å²) in [6.45, 7) is 2.17. The molecule has 0 saturated carbocycles. The van der Waals surface area contributed by atoms with Gasteiger partial charge in [-0.3, -0.25) is 0 Å². The molecule has 0 heterocycles. The third-order valence-electron chi connectivity index (χ3n) is 1.85. The fourth-order valence-electron chi connectivity index (χ4n) is 1.03. The van der Waals surface area contributed by atoms with Crippen LogP contribution in [0.5, 0.6) is 0 Å². The molecule has 0 amide bonds. The first-order valence-electron chi connectivity index (χ1n) is 3.80. The van der Waals surface area contributed by atoms with E-state index >= 15 is 0 Å². The van der Waals surface area contributed by atoms with Crippen molar-refractivity contribution in [2.45, 2.75) is 12.8 Å². The number of benzene rings is 1. The molecule has 1 rings (SSSR count). The number of hydrogen-bond donors (Lipinski definition) is 1. The predicted molar refractivity (Wildman–Crippen MR) is 43.8 cm³/mol. The molecule has 0 radical (unpaired) electrons. The van der Waals surface area contributed by atoms with E-state index < -0.39 is 11.6 Å². The molecule has 0 bridgehead atoms. The van der Waals surface area contributed by atoms with Crippen LogP contribution in [0.15, 0.2) is 18.2 Å². The quantitative estimate of drug-likeness (QED) is 0.723. The van der Waals surface area contributed by atoms with Gasteiger partial charge in [0.25, 0.3) is 0 Å². The molecule has 0 saturated heterocycles. The zero-order chi connectivity index (χ0) is 9.14. The van der Waals surface area contributed by atoms with E-state index in [9.17, 15) is 8.78 Å². The molecule has 0 spiro atoms. The lowest BCUT2D eigenvalue weighted by Crippen LogP contribution is -2.10. The van der Waals surface area contributed by atoms with Crippen LogP contribution in [0.2, 0.25) is 0 Å². The van der Waals surface area contributed by atoms with Crippen LogP contribution in [0, 0.1) is 11.6 Å². The van der Waals surface area contributed by atoms with E-state index in [-0.39, 0.29) is 5.92 Å². The Hall–Kier alpha value is -0.960. The standard InChI is InChI=1S/C9H11F2N/c1-6(5-12)8-3-2-7(10)4-9(8)11/h2-4,6H,5,12H2,1H3/t6-/m0/s1. The van der Waals surface area contributed by atoms with Crippen LogP contribution in [-0.4, -0.2) is 6.54 Å². The van der Waals surface area contributed by atoms with Gasteiger partial charge < -0.3 is 5.73 Å². The molecule has 12 heavy (non-hydrogen) atoms. The zero-order valence-corrected chi connectivity index (χ0v) is 6.85. The van der Waals surface area contributed by atoms with Crippen LogP contribution < -0.4 is 5.73 Å². The van der Waals surface area contributed by atoms with E-state index in [1.807, 2.05) is 0 Å². The normalized spacial score (nSPS) is 13.0. The van der Waals surface area contributed by atoms with Crippen LogP contribution in [0.25, 0.3) is 0 Å². The highest BCUT2D eigenvalue weighted by Gasteiger charge is 2.09. The van der Waals surface area contributed by atoms with Gasteiger partial charge in [-0.1, -0.05) is 13.0 Å². The molecule has 1 nitrogen and oxygen atoms in total. The molecule has 1 atom stereocenters. The lowest BCUT2D eigenvalue weighted by Gasteiger charge is -2.09. The highest BCUT2D eigenvalue weighted by atomic mass is 19.1. The summed E-state index contributed by atoms with van der Waals surface area (Å²) in [5.41, 5.74) is 5.82. The van der Waals surface area contributed by atoms with Gasteiger partial charge in [0.1, 0.15) is 11.6 Å². The van der Waals surface area contributed by atoms with E-state index in [0.29, 0.717) is 12.1 Å². The Labute approximate surface area is 70.2 Å². The maximum Gasteiger partial charge on any atom is 0.129 e. The Bertz CT molecular complexity index is 273. The number of halogens is 2. The second kappa shape index (κ2) is 3.63. The van der Waals surface area contributed by atoms with E-state index in [1.165, 1.54) is 12.1 Å². The molecule has 0 aliphatic carbocycles. The van der Waals surface area contributed by atoms with Crippen molar-refractivity contribution >= 4 is 0 Å². The van der Waals surface area contributed by atoms with Crippen LogP contribution in [0.4, 0.5) is 8.78 Å².